The van der Waals surface area contributed by atoms with Crippen molar-refractivity contribution >= 4 is 6.29 Å². The van der Waals surface area contributed by atoms with Crippen molar-refractivity contribution in [3.63, 3.8) is 0 Å². The van der Waals surface area contributed by atoms with Crippen LogP contribution in [0.5, 0.6) is 0 Å². The SMILES string of the molecule is CC(C)(C)c1oc(-c2ccccc2)c(-c2ccc(F)cc2)c1C=O. The Labute approximate surface area is 140 Å². The molecule has 2 nitrogen and oxygen atoms in total. The van der Waals surface area contributed by atoms with Gasteiger partial charge in [0.05, 0.1) is 5.56 Å². The Morgan fingerprint density at radius 3 is 2.08 bits per heavy atom. The topological polar surface area (TPSA) is 30.2 Å². The van der Waals surface area contributed by atoms with Crippen LogP contribution in [0.1, 0.15) is 36.9 Å². The van der Waals surface area contributed by atoms with Crippen LogP contribution in [-0.2, 0) is 5.41 Å². The van der Waals surface area contributed by atoms with Gasteiger partial charge in [0.25, 0.3) is 0 Å². The number of hydrogen-bond donors (Lipinski definition) is 0. The van der Waals surface area contributed by atoms with E-state index in [9.17, 15) is 9.18 Å². The summed E-state index contributed by atoms with van der Waals surface area (Å²) in [7, 11) is 0. The molecule has 0 atom stereocenters. The fourth-order valence-corrected chi connectivity index (χ4v) is 2.81. The average Bonchev–Trinajstić information content (AvgIpc) is 2.96. The van der Waals surface area contributed by atoms with E-state index in [0.29, 0.717) is 22.6 Å². The van der Waals surface area contributed by atoms with E-state index in [1.54, 1.807) is 12.1 Å². The predicted octanol–water partition coefficient (Wildman–Crippen LogP) is 5.86. The molecule has 1 heterocycles. The van der Waals surface area contributed by atoms with Crippen LogP contribution >= 0.6 is 0 Å². The van der Waals surface area contributed by atoms with Gasteiger partial charge in [0.2, 0.25) is 0 Å². The number of aldehydes is 1. The van der Waals surface area contributed by atoms with E-state index in [4.69, 9.17) is 4.42 Å². The average molecular weight is 322 g/mol. The summed E-state index contributed by atoms with van der Waals surface area (Å²) < 4.78 is 19.5. The molecule has 0 radical (unpaired) electrons. The normalized spacial score (nSPS) is 11.5. The maximum atomic E-state index is 13.3. The summed E-state index contributed by atoms with van der Waals surface area (Å²) in [6.45, 7) is 6.01. The summed E-state index contributed by atoms with van der Waals surface area (Å²) in [4.78, 5) is 11.8. The Kier molecular flexibility index (Phi) is 4.10. The minimum Gasteiger partial charge on any atom is -0.459 e. The number of benzene rings is 2. The fourth-order valence-electron chi connectivity index (χ4n) is 2.81. The molecule has 1 aromatic heterocycles. The second-order valence-electron chi connectivity index (χ2n) is 6.79. The third-order valence-electron chi connectivity index (χ3n) is 3.91. The maximum Gasteiger partial charge on any atom is 0.154 e. The molecule has 2 aromatic carbocycles. The van der Waals surface area contributed by atoms with Gasteiger partial charge in [-0.2, -0.15) is 0 Å². The molecule has 0 bridgehead atoms. The zero-order valence-corrected chi connectivity index (χ0v) is 14.0. The van der Waals surface area contributed by atoms with Crippen LogP contribution in [0.4, 0.5) is 4.39 Å². The molecule has 0 N–H and O–H groups in total. The largest absolute Gasteiger partial charge is 0.459 e. The number of rotatable bonds is 3. The highest BCUT2D eigenvalue weighted by Gasteiger charge is 2.29. The van der Waals surface area contributed by atoms with Crippen LogP contribution in [0.3, 0.4) is 0 Å². The van der Waals surface area contributed by atoms with Crippen molar-refractivity contribution in [3.8, 4) is 22.5 Å². The fraction of sp³-hybridized carbons (Fsp3) is 0.190. The lowest BCUT2D eigenvalue weighted by Gasteiger charge is -2.15. The van der Waals surface area contributed by atoms with E-state index in [1.165, 1.54) is 12.1 Å². The van der Waals surface area contributed by atoms with Gasteiger partial charge >= 0.3 is 0 Å². The Morgan fingerprint density at radius 1 is 0.917 bits per heavy atom. The quantitative estimate of drug-likeness (QED) is 0.565. The van der Waals surface area contributed by atoms with E-state index in [0.717, 1.165) is 17.4 Å². The zero-order valence-electron chi connectivity index (χ0n) is 14.0. The first-order chi connectivity index (χ1) is 11.4. The van der Waals surface area contributed by atoms with Crippen molar-refractivity contribution in [2.24, 2.45) is 0 Å². The Hall–Kier alpha value is -2.68. The van der Waals surface area contributed by atoms with Gasteiger partial charge in [-0.1, -0.05) is 63.2 Å². The molecule has 0 aliphatic heterocycles. The zero-order chi connectivity index (χ0) is 17.3. The summed E-state index contributed by atoms with van der Waals surface area (Å²) in [6.07, 6.45) is 0.829. The number of halogens is 1. The summed E-state index contributed by atoms with van der Waals surface area (Å²) >= 11 is 0. The molecule has 0 unspecified atom stereocenters. The van der Waals surface area contributed by atoms with Crippen LogP contribution in [0, 0.1) is 5.82 Å². The van der Waals surface area contributed by atoms with Gasteiger partial charge in [0.1, 0.15) is 17.3 Å². The number of hydrogen-bond acceptors (Lipinski definition) is 2. The molecule has 122 valence electrons. The molecular weight excluding hydrogens is 303 g/mol. The van der Waals surface area contributed by atoms with E-state index in [1.807, 2.05) is 51.1 Å². The standard InChI is InChI=1S/C21H19FO2/c1-21(2,3)20-17(13-23)18(14-9-11-16(22)12-10-14)19(24-20)15-7-5-4-6-8-15/h4-13H,1-3H3. The first-order valence-electron chi connectivity index (χ1n) is 7.85. The molecule has 0 saturated carbocycles. The summed E-state index contributed by atoms with van der Waals surface area (Å²) in [5.74, 6) is 0.956. The molecule has 3 rings (SSSR count). The minimum absolute atomic E-state index is 0.313. The highest BCUT2D eigenvalue weighted by molar-refractivity contribution is 5.95. The van der Waals surface area contributed by atoms with Crippen molar-refractivity contribution < 1.29 is 13.6 Å². The lowest BCUT2D eigenvalue weighted by atomic mass is 9.88. The van der Waals surface area contributed by atoms with Crippen molar-refractivity contribution in [2.75, 3.05) is 0 Å². The summed E-state index contributed by atoms with van der Waals surface area (Å²) in [5, 5.41) is 0. The minimum atomic E-state index is -0.321. The highest BCUT2D eigenvalue weighted by Crippen LogP contribution is 2.42. The van der Waals surface area contributed by atoms with Crippen LogP contribution < -0.4 is 0 Å². The molecule has 0 aliphatic carbocycles. The number of carbonyl (C=O) groups excluding carboxylic acids is 1. The van der Waals surface area contributed by atoms with Crippen LogP contribution in [0.2, 0.25) is 0 Å². The van der Waals surface area contributed by atoms with E-state index in [-0.39, 0.29) is 11.2 Å². The van der Waals surface area contributed by atoms with E-state index in [2.05, 4.69) is 0 Å². The smallest absolute Gasteiger partial charge is 0.154 e. The Bertz CT molecular complexity index is 853. The van der Waals surface area contributed by atoms with Crippen LogP contribution in [0.15, 0.2) is 59.0 Å². The molecule has 0 aliphatic rings. The Balaban J connectivity index is 2.34. The highest BCUT2D eigenvalue weighted by atomic mass is 19.1. The monoisotopic (exact) mass is 322 g/mol. The molecule has 0 amide bonds. The van der Waals surface area contributed by atoms with Crippen molar-refractivity contribution in [3.05, 3.63) is 71.7 Å². The third-order valence-corrected chi connectivity index (χ3v) is 3.91. The molecule has 0 fully saturated rings. The van der Waals surface area contributed by atoms with Gasteiger partial charge in [-0.3, -0.25) is 4.79 Å². The second kappa shape index (κ2) is 6.08. The second-order valence-corrected chi connectivity index (χ2v) is 6.79. The first kappa shape index (κ1) is 16.2. The van der Waals surface area contributed by atoms with Crippen molar-refractivity contribution in [1.29, 1.82) is 0 Å². The van der Waals surface area contributed by atoms with Crippen molar-refractivity contribution in [1.82, 2.24) is 0 Å². The molecular formula is C21H19FO2. The third kappa shape index (κ3) is 2.90. The van der Waals surface area contributed by atoms with Gasteiger partial charge in [0.15, 0.2) is 6.29 Å². The van der Waals surface area contributed by atoms with Gasteiger partial charge < -0.3 is 4.42 Å². The van der Waals surface area contributed by atoms with Gasteiger partial charge in [-0.15, -0.1) is 0 Å². The van der Waals surface area contributed by atoms with E-state index < -0.39 is 0 Å². The lowest BCUT2D eigenvalue weighted by molar-refractivity contribution is 0.112. The Morgan fingerprint density at radius 2 is 1.54 bits per heavy atom. The van der Waals surface area contributed by atoms with Crippen LogP contribution in [0.25, 0.3) is 22.5 Å². The summed E-state index contributed by atoms with van der Waals surface area (Å²) in [6, 6.07) is 15.8. The molecule has 24 heavy (non-hydrogen) atoms. The van der Waals surface area contributed by atoms with Gasteiger partial charge in [-0.05, 0) is 17.7 Å². The molecule has 0 spiro atoms. The van der Waals surface area contributed by atoms with Crippen molar-refractivity contribution in [2.45, 2.75) is 26.2 Å². The molecule has 3 aromatic rings. The maximum absolute atomic E-state index is 13.3. The van der Waals surface area contributed by atoms with Gasteiger partial charge in [-0.25, -0.2) is 4.39 Å². The first-order valence-corrected chi connectivity index (χ1v) is 7.85. The van der Waals surface area contributed by atoms with E-state index >= 15 is 0 Å². The predicted molar refractivity (Wildman–Crippen MR) is 93.6 cm³/mol. The lowest BCUT2D eigenvalue weighted by Crippen LogP contribution is -2.12. The number of furan rings is 1. The van der Waals surface area contributed by atoms with Crippen LogP contribution in [-0.4, -0.2) is 6.29 Å². The summed E-state index contributed by atoms with van der Waals surface area (Å²) in [5.41, 5.74) is 2.55. The van der Waals surface area contributed by atoms with Gasteiger partial charge in [0, 0.05) is 16.5 Å². The molecule has 0 saturated heterocycles. The molecule has 3 heteroatoms. The number of carbonyl (C=O) groups is 1.